The third-order valence-corrected chi connectivity index (χ3v) is 3.58. The lowest BCUT2D eigenvalue weighted by molar-refractivity contribution is 0.0712. The first-order chi connectivity index (χ1) is 9.61. The van der Waals surface area contributed by atoms with E-state index in [-0.39, 0.29) is 30.1 Å². The van der Waals surface area contributed by atoms with Gasteiger partial charge in [-0.25, -0.2) is 4.39 Å². The lowest BCUT2D eigenvalue weighted by Gasteiger charge is -2.28. The van der Waals surface area contributed by atoms with Crippen LogP contribution in [0.2, 0.25) is 0 Å². The van der Waals surface area contributed by atoms with Gasteiger partial charge in [0, 0.05) is 11.6 Å². The fourth-order valence-corrected chi connectivity index (χ4v) is 2.55. The summed E-state index contributed by atoms with van der Waals surface area (Å²) >= 11 is 0. The first-order valence-corrected chi connectivity index (χ1v) is 6.64. The zero-order valence-corrected chi connectivity index (χ0v) is 11.1. The summed E-state index contributed by atoms with van der Waals surface area (Å²) in [7, 11) is 0. The van der Waals surface area contributed by atoms with Gasteiger partial charge in [-0.3, -0.25) is 4.79 Å². The molecule has 0 bridgehead atoms. The molecule has 0 radical (unpaired) electrons. The second kappa shape index (κ2) is 6.36. The van der Waals surface area contributed by atoms with E-state index in [9.17, 15) is 9.18 Å². The molecule has 1 aromatic rings. The lowest BCUT2D eigenvalue weighted by atomic mass is 10.1. The number of carbonyl (C=O) groups is 1. The first-order valence-electron chi connectivity index (χ1n) is 6.64. The number of amides is 1. The van der Waals surface area contributed by atoms with Crippen LogP contribution in [0, 0.1) is 5.82 Å². The standard InChI is InChI=1S/C14H18FN3O2/c15-11-7-5-10(6-8-11)14(19)18(9-13(16)17-20)12-3-1-2-4-12/h5-8,12,20H,1-4,9H2,(H2,16,17). The van der Waals surface area contributed by atoms with E-state index in [1.54, 1.807) is 4.90 Å². The Morgan fingerprint density at radius 3 is 2.50 bits per heavy atom. The van der Waals surface area contributed by atoms with Crippen LogP contribution >= 0.6 is 0 Å². The van der Waals surface area contributed by atoms with Gasteiger partial charge in [-0.2, -0.15) is 0 Å². The van der Waals surface area contributed by atoms with Gasteiger partial charge in [-0.15, -0.1) is 0 Å². The molecule has 0 spiro atoms. The van der Waals surface area contributed by atoms with Gasteiger partial charge in [0.25, 0.3) is 5.91 Å². The van der Waals surface area contributed by atoms with Crippen molar-refractivity contribution in [2.75, 3.05) is 6.54 Å². The van der Waals surface area contributed by atoms with E-state index in [4.69, 9.17) is 10.9 Å². The van der Waals surface area contributed by atoms with Crippen molar-refractivity contribution in [1.82, 2.24) is 4.90 Å². The third kappa shape index (κ3) is 3.26. The van der Waals surface area contributed by atoms with Crippen LogP contribution < -0.4 is 5.73 Å². The lowest BCUT2D eigenvalue weighted by Crippen LogP contribution is -2.44. The predicted molar refractivity (Wildman–Crippen MR) is 73.1 cm³/mol. The Morgan fingerprint density at radius 2 is 1.95 bits per heavy atom. The van der Waals surface area contributed by atoms with E-state index in [2.05, 4.69) is 5.16 Å². The van der Waals surface area contributed by atoms with Crippen LogP contribution in [0.3, 0.4) is 0 Å². The van der Waals surface area contributed by atoms with Crippen LogP contribution in [0.5, 0.6) is 0 Å². The molecule has 1 saturated carbocycles. The van der Waals surface area contributed by atoms with Crippen LogP contribution in [0.15, 0.2) is 29.4 Å². The number of rotatable bonds is 4. The van der Waals surface area contributed by atoms with Crippen LogP contribution in [0.25, 0.3) is 0 Å². The molecule has 108 valence electrons. The van der Waals surface area contributed by atoms with Crippen molar-refractivity contribution in [3.8, 4) is 0 Å². The number of hydrogen-bond donors (Lipinski definition) is 2. The Hall–Kier alpha value is -2.11. The van der Waals surface area contributed by atoms with Gasteiger partial charge in [0.05, 0.1) is 6.54 Å². The van der Waals surface area contributed by atoms with Gasteiger partial charge >= 0.3 is 0 Å². The minimum Gasteiger partial charge on any atom is -0.409 e. The molecule has 20 heavy (non-hydrogen) atoms. The Balaban J connectivity index is 2.20. The van der Waals surface area contributed by atoms with Gasteiger partial charge < -0.3 is 15.8 Å². The number of carbonyl (C=O) groups excluding carboxylic acids is 1. The molecule has 1 fully saturated rings. The molecule has 0 aliphatic heterocycles. The van der Waals surface area contributed by atoms with Gasteiger partial charge in [0.2, 0.25) is 0 Å². The quantitative estimate of drug-likeness (QED) is 0.383. The number of halogens is 1. The van der Waals surface area contributed by atoms with Crippen molar-refractivity contribution >= 4 is 11.7 Å². The zero-order valence-electron chi connectivity index (χ0n) is 11.1. The van der Waals surface area contributed by atoms with Gasteiger partial charge in [0.15, 0.2) is 5.84 Å². The summed E-state index contributed by atoms with van der Waals surface area (Å²) in [6, 6.07) is 5.50. The molecule has 6 heteroatoms. The highest BCUT2D eigenvalue weighted by Gasteiger charge is 2.28. The molecule has 2 rings (SSSR count). The predicted octanol–water partition coefficient (Wildman–Crippen LogP) is 1.96. The van der Waals surface area contributed by atoms with Crippen LogP contribution in [0.4, 0.5) is 4.39 Å². The number of amidine groups is 1. The molecule has 1 aliphatic rings. The SMILES string of the molecule is NC(CN(C(=O)c1ccc(F)cc1)C1CCCC1)=NO. The maximum absolute atomic E-state index is 12.9. The normalized spacial score (nSPS) is 16.4. The average Bonchev–Trinajstić information content (AvgIpc) is 2.98. The summed E-state index contributed by atoms with van der Waals surface area (Å²) < 4.78 is 12.9. The highest BCUT2D eigenvalue weighted by atomic mass is 19.1. The molecule has 5 nitrogen and oxygen atoms in total. The molecule has 0 unspecified atom stereocenters. The smallest absolute Gasteiger partial charge is 0.254 e. The molecule has 0 aromatic heterocycles. The zero-order chi connectivity index (χ0) is 14.5. The summed E-state index contributed by atoms with van der Waals surface area (Å²) in [5.74, 6) is -0.610. The Bertz CT molecular complexity index is 496. The van der Waals surface area contributed by atoms with Crippen molar-refractivity contribution in [2.45, 2.75) is 31.7 Å². The summed E-state index contributed by atoms with van der Waals surface area (Å²) in [4.78, 5) is 14.1. The second-order valence-corrected chi connectivity index (χ2v) is 4.97. The fraction of sp³-hybridized carbons (Fsp3) is 0.429. The van der Waals surface area contributed by atoms with Crippen molar-refractivity contribution in [2.24, 2.45) is 10.9 Å². The molecular weight excluding hydrogens is 261 g/mol. The summed E-state index contributed by atoms with van der Waals surface area (Å²) in [5.41, 5.74) is 5.93. The van der Waals surface area contributed by atoms with Gasteiger partial charge in [0.1, 0.15) is 5.82 Å². The van der Waals surface area contributed by atoms with E-state index >= 15 is 0 Å². The molecule has 3 N–H and O–H groups in total. The highest BCUT2D eigenvalue weighted by molar-refractivity contribution is 5.97. The summed E-state index contributed by atoms with van der Waals surface area (Å²) in [6.45, 7) is 0.0807. The first kappa shape index (κ1) is 14.3. The molecule has 1 amide bonds. The van der Waals surface area contributed by atoms with E-state index in [0.29, 0.717) is 5.56 Å². The van der Waals surface area contributed by atoms with Crippen LogP contribution in [0.1, 0.15) is 36.0 Å². The maximum Gasteiger partial charge on any atom is 0.254 e. The van der Waals surface area contributed by atoms with Crippen molar-refractivity contribution in [3.63, 3.8) is 0 Å². The van der Waals surface area contributed by atoms with E-state index in [0.717, 1.165) is 25.7 Å². The summed E-state index contributed by atoms with van der Waals surface area (Å²) in [6.07, 6.45) is 3.94. The monoisotopic (exact) mass is 279 g/mol. The molecule has 0 atom stereocenters. The highest BCUT2D eigenvalue weighted by Crippen LogP contribution is 2.24. The molecule has 1 aromatic carbocycles. The van der Waals surface area contributed by atoms with Gasteiger partial charge in [-0.05, 0) is 37.1 Å². The average molecular weight is 279 g/mol. The van der Waals surface area contributed by atoms with E-state index in [1.165, 1.54) is 24.3 Å². The van der Waals surface area contributed by atoms with Crippen molar-refractivity contribution in [3.05, 3.63) is 35.6 Å². The Morgan fingerprint density at radius 1 is 1.35 bits per heavy atom. The molecular formula is C14H18FN3O2. The number of oxime groups is 1. The molecule has 0 saturated heterocycles. The Kier molecular flexibility index (Phi) is 4.55. The largest absolute Gasteiger partial charge is 0.409 e. The van der Waals surface area contributed by atoms with Crippen LogP contribution in [-0.4, -0.2) is 34.4 Å². The number of hydrogen-bond acceptors (Lipinski definition) is 3. The fourth-order valence-electron chi connectivity index (χ4n) is 2.55. The topological polar surface area (TPSA) is 78.9 Å². The maximum atomic E-state index is 12.9. The van der Waals surface area contributed by atoms with Crippen molar-refractivity contribution in [1.29, 1.82) is 0 Å². The van der Waals surface area contributed by atoms with Crippen molar-refractivity contribution < 1.29 is 14.4 Å². The van der Waals surface area contributed by atoms with E-state index < -0.39 is 0 Å². The number of nitrogens with two attached hydrogens (primary N) is 1. The summed E-state index contributed by atoms with van der Waals surface area (Å²) in [5, 5.41) is 11.6. The number of benzene rings is 1. The molecule has 0 heterocycles. The minimum atomic E-state index is -0.384. The van der Waals surface area contributed by atoms with Gasteiger partial charge in [-0.1, -0.05) is 18.0 Å². The van der Waals surface area contributed by atoms with E-state index in [1.807, 2.05) is 0 Å². The number of nitrogens with zero attached hydrogens (tertiary/aromatic N) is 2. The third-order valence-electron chi connectivity index (χ3n) is 3.58. The second-order valence-electron chi connectivity index (χ2n) is 4.97. The van der Waals surface area contributed by atoms with Crippen LogP contribution in [-0.2, 0) is 0 Å². The molecule has 1 aliphatic carbocycles. The minimum absolute atomic E-state index is 0.00707. The Labute approximate surface area is 116 Å².